The lowest BCUT2D eigenvalue weighted by molar-refractivity contribution is 0.208. The summed E-state index contributed by atoms with van der Waals surface area (Å²) in [6.45, 7) is 4.98. The lowest BCUT2D eigenvalue weighted by Gasteiger charge is -2.31. The van der Waals surface area contributed by atoms with E-state index in [1.54, 1.807) is 0 Å². The number of rotatable bonds is 6. The summed E-state index contributed by atoms with van der Waals surface area (Å²) in [6, 6.07) is 5.26. The summed E-state index contributed by atoms with van der Waals surface area (Å²) in [5.41, 5.74) is 0. The maximum atomic E-state index is 12.4. The first-order chi connectivity index (χ1) is 10.7. The fourth-order valence-electron chi connectivity index (χ4n) is 2.74. The van der Waals surface area contributed by atoms with Crippen molar-refractivity contribution in [1.29, 1.82) is 0 Å². The minimum Gasteiger partial charge on any atom is -0.303 e. The predicted molar refractivity (Wildman–Crippen MR) is 96.9 cm³/mol. The van der Waals surface area contributed by atoms with E-state index < -0.39 is 19.9 Å². The number of hydrogen-bond donors (Lipinski definition) is 1. The first kappa shape index (κ1) is 21.4. The maximum Gasteiger partial charge on any atom is 0.240 e. The molecule has 1 fully saturated rings. The van der Waals surface area contributed by atoms with Gasteiger partial charge in [0.1, 0.15) is 0 Å². The zero-order valence-corrected chi connectivity index (χ0v) is 16.4. The molecule has 0 saturated carbocycles. The van der Waals surface area contributed by atoms with E-state index in [0.29, 0.717) is 0 Å². The second kappa shape index (κ2) is 8.62. The number of halogens is 1. The van der Waals surface area contributed by atoms with Gasteiger partial charge in [-0.05, 0) is 63.2 Å². The smallest absolute Gasteiger partial charge is 0.240 e. The van der Waals surface area contributed by atoms with Gasteiger partial charge in [-0.2, -0.15) is 0 Å². The quantitative estimate of drug-likeness (QED) is 0.790. The number of likely N-dealkylation sites (tertiary alicyclic amines) is 1. The van der Waals surface area contributed by atoms with Crippen LogP contribution < -0.4 is 4.72 Å². The van der Waals surface area contributed by atoms with Gasteiger partial charge in [0.15, 0.2) is 9.84 Å². The van der Waals surface area contributed by atoms with Gasteiger partial charge in [-0.15, -0.1) is 12.4 Å². The Kier molecular flexibility index (Phi) is 7.68. The van der Waals surface area contributed by atoms with Crippen LogP contribution in [0.3, 0.4) is 0 Å². The molecule has 0 radical (unpaired) electrons. The summed E-state index contributed by atoms with van der Waals surface area (Å²) in [7, 11) is -6.94. The highest BCUT2D eigenvalue weighted by atomic mass is 35.5. The molecule has 0 aromatic heterocycles. The molecule has 0 amide bonds. The standard InChI is InChI=1S/C15H24N2O4S2.ClH/c1-3-10-17-11-8-13(9-12-17)16-23(20,21)15-6-4-14(5-7-15)22(2,18)19;/h4-7,13,16H,3,8-12H2,1-2H3;1H. The monoisotopic (exact) mass is 396 g/mol. The zero-order valence-electron chi connectivity index (χ0n) is 13.9. The molecule has 24 heavy (non-hydrogen) atoms. The molecule has 1 aliphatic rings. The normalized spacial score (nSPS) is 17.4. The number of nitrogens with one attached hydrogen (secondary N) is 1. The molecule has 0 bridgehead atoms. The molecular formula is C15H25ClN2O4S2. The molecule has 0 unspecified atom stereocenters. The Hall–Kier alpha value is -0.670. The van der Waals surface area contributed by atoms with Crippen molar-refractivity contribution in [3.8, 4) is 0 Å². The molecule has 1 heterocycles. The van der Waals surface area contributed by atoms with Gasteiger partial charge in [-0.3, -0.25) is 0 Å². The molecule has 1 aliphatic heterocycles. The van der Waals surface area contributed by atoms with Crippen molar-refractivity contribution in [2.75, 3.05) is 25.9 Å². The van der Waals surface area contributed by atoms with E-state index in [9.17, 15) is 16.8 Å². The third-order valence-corrected chi connectivity index (χ3v) is 6.68. The van der Waals surface area contributed by atoms with E-state index in [2.05, 4.69) is 16.5 Å². The van der Waals surface area contributed by atoms with Gasteiger partial charge in [0, 0.05) is 12.3 Å². The topological polar surface area (TPSA) is 83.6 Å². The highest BCUT2D eigenvalue weighted by Crippen LogP contribution is 2.17. The average molecular weight is 397 g/mol. The molecule has 1 N–H and O–H groups in total. The molecule has 2 rings (SSSR count). The number of sulfonamides is 1. The first-order valence-corrected chi connectivity index (χ1v) is 11.1. The molecule has 1 aromatic rings. The van der Waals surface area contributed by atoms with Crippen molar-refractivity contribution in [2.45, 2.75) is 42.0 Å². The molecule has 6 nitrogen and oxygen atoms in total. The summed E-state index contributed by atoms with van der Waals surface area (Å²) < 4.78 is 50.4. The van der Waals surface area contributed by atoms with Crippen LogP contribution in [-0.4, -0.2) is 53.7 Å². The summed E-state index contributed by atoms with van der Waals surface area (Å²) in [4.78, 5) is 2.55. The maximum absolute atomic E-state index is 12.4. The Bertz CT molecular complexity index is 725. The fourth-order valence-corrected chi connectivity index (χ4v) is 4.68. The Morgan fingerprint density at radius 2 is 1.54 bits per heavy atom. The lowest BCUT2D eigenvalue weighted by Crippen LogP contribution is -2.44. The molecule has 1 saturated heterocycles. The van der Waals surface area contributed by atoms with E-state index in [1.165, 1.54) is 24.3 Å². The van der Waals surface area contributed by atoms with Crippen LogP contribution >= 0.6 is 12.4 Å². The SMILES string of the molecule is CCCN1CCC(NS(=O)(=O)c2ccc(S(C)(=O)=O)cc2)CC1.Cl. The summed E-state index contributed by atoms with van der Waals surface area (Å²) in [5.74, 6) is 0. The fraction of sp³-hybridized carbons (Fsp3) is 0.600. The second-order valence-corrected chi connectivity index (χ2v) is 9.71. The van der Waals surface area contributed by atoms with Crippen LogP contribution in [0.5, 0.6) is 0 Å². The molecule has 9 heteroatoms. The van der Waals surface area contributed by atoms with Gasteiger partial charge in [0.05, 0.1) is 9.79 Å². The number of piperidine rings is 1. The third kappa shape index (κ3) is 5.70. The molecule has 1 aromatic carbocycles. The highest BCUT2D eigenvalue weighted by Gasteiger charge is 2.24. The van der Waals surface area contributed by atoms with Crippen LogP contribution in [0.15, 0.2) is 34.1 Å². The van der Waals surface area contributed by atoms with Gasteiger partial charge in [-0.1, -0.05) is 6.92 Å². The largest absolute Gasteiger partial charge is 0.303 e. The third-order valence-electron chi connectivity index (χ3n) is 4.01. The Morgan fingerprint density at radius 3 is 2.00 bits per heavy atom. The van der Waals surface area contributed by atoms with Crippen molar-refractivity contribution < 1.29 is 16.8 Å². The summed E-state index contributed by atoms with van der Waals surface area (Å²) in [6.07, 6.45) is 3.78. The van der Waals surface area contributed by atoms with Gasteiger partial charge in [0.25, 0.3) is 0 Å². The molecule has 138 valence electrons. The Morgan fingerprint density at radius 1 is 1.04 bits per heavy atom. The van der Waals surface area contributed by atoms with E-state index in [-0.39, 0.29) is 28.2 Å². The van der Waals surface area contributed by atoms with E-state index in [4.69, 9.17) is 0 Å². The van der Waals surface area contributed by atoms with Crippen LogP contribution in [0.1, 0.15) is 26.2 Å². The van der Waals surface area contributed by atoms with E-state index in [1.807, 2.05) is 0 Å². The number of hydrogen-bond acceptors (Lipinski definition) is 5. The summed E-state index contributed by atoms with van der Waals surface area (Å²) >= 11 is 0. The Balaban J connectivity index is 0.00000288. The molecule has 0 aliphatic carbocycles. The average Bonchev–Trinajstić information content (AvgIpc) is 2.48. The van der Waals surface area contributed by atoms with E-state index in [0.717, 1.165) is 45.2 Å². The van der Waals surface area contributed by atoms with Crippen molar-refractivity contribution in [1.82, 2.24) is 9.62 Å². The van der Waals surface area contributed by atoms with Crippen molar-refractivity contribution in [2.24, 2.45) is 0 Å². The van der Waals surface area contributed by atoms with Gasteiger partial charge < -0.3 is 4.90 Å². The van der Waals surface area contributed by atoms with E-state index >= 15 is 0 Å². The second-order valence-electron chi connectivity index (χ2n) is 5.98. The van der Waals surface area contributed by atoms with Crippen LogP contribution in [0.2, 0.25) is 0 Å². The number of benzene rings is 1. The van der Waals surface area contributed by atoms with Gasteiger partial charge >= 0.3 is 0 Å². The van der Waals surface area contributed by atoms with Crippen LogP contribution in [-0.2, 0) is 19.9 Å². The van der Waals surface area contributed by atoms with Crippen LogP contribution in [0.25, 0.3) is 0 Å². The van der Waals surface area contributed by atoms with Crippen molar-refractivity contribution in [3.63, 3.8) is 0 Å². The minimum atomic E-state index is -3.62. The molecule has 0 atom stereocenters. The number of sulfone groups is 1. The van der Waals surface area contributed by atoms with Crippen LogP contribution in [0.4, 0.5) is 0 Å². The van der Waals surface area contributed by atoms with Crippen LogP contribution in [0, 0.1) is 0 Å². The van der Waals surface area contributed by atoms with Crippen molar-refractivity contribution in [3.05, 3.63) is 24.3 Å². The molecular weight excluding hydrogens is 372 g/mol. The number of nitrogens with zero attached hydrogens (tertiary/aromatic N) is 1. The summed E-state index contributed by atoms with van der Waals surface area (Å²) in [5, 5.41) is 0. The van der Waals surface area contributed by atoms with Gasteiger partial charge in [0.2, 0.25) is 10.0 Å². The first-order valence-electron chi connectivity index (χ1n) is 7.77. The van der Waals surface area contributed by atoms with Gasteiger partial charge in [-0.25, -0.2) is 21.6 Å². The zero-order chi connectivity index (χ0) is 17.1. The molecule has 0 spiro atoms. The Labute approximate surface area is 151 Å². The van der Waals surface area contributed by atoms with Crippen molar-refractivity contribution >= 4 is 32.3 Å². The highest BCUT2D eigenvalue weighted by molar-refractivity contribution is 7.90. The lowest BCUT2D eigenvalue weighted by atomic mass is 10.1. The predicted octanol–water partition coefficient (Wildman–Crippen LogP) is 1.66. The minimum absolute atomic E-state index is 0.